The second-order valence-electron chi connectivity index (χ2n) is 6.96. The maximum absolute atomic E-state index is 11.5. The van der Waals surface area contributed by atoms with Crippen LogP contribution >= 0.6 is 10.7 Å². The largest absolute Gasteiger partial charge is 0.619 e. The molecule has 0 aliphatic rings. The van der Waals surface area contributed by atoms with Crippen molar-refractivity contribution in [1.29, 1.82) is 0 Å². The van der Waals surface area contributed by atoms with Crippen molar-refractivity contribution in [2.45, 2.75) is 19.9 Å². The zero-order chi connectivity index (χ0) is 22.4. The molecule has 3 rings (SSSR count). The van der Waals surface area contributed by atoms with Crippen molar-refractivity contribution >= 4 is 37.0 Å². The van der Waals surface area contributed by atoms with Crippen LogP contribution in [0.15, 0.2) is 36.8 Å². The van der Waals surface area contributed by atoms with E-state index in [1.165, 1.54) is 12.4 Å². The van der Waals surface area contributed by atoms with Crippen molar-refractivity contribution in [3.8, 4) is 0 Å². The molecule has 168 valence electrons. The van der Waals surface area contributed by atoms with Crippen molar-refractivity contribution in [3.63, 3.8) is 0 Å². The van der Waals surface area contributed by atoms with Crippen LogP contribution in [0, 0.1) is 5.21 Å². The van der Waals surface area contributed by atoms with Gasteiger partial charge in [0.1, 0.15) is 11.6 Å². The number of hydrogen-bond acceptors (Lipinski definition) is 8. The number of pyridine rings is 1. The molecule has 0 saturated heterocycles. The lowest BCUT2D eigenvalue weighted by Gasteiger charge is -2.20. The van der Waals surface area contributed by atoms with Gasteiger partial charge in [-0.3, -0.25) is 0 Å². The van der Waals surface area contributed by atoms with Crippen LogP contribution in [0.25, 0.3) is 5.65 Å². The molecule has 1 N–H and O–H groups in total. The van der Waals surface area contributed by atoms with E-state index in [0.717, 1.165) is 33.7 Å². The highest BCUT2D eigenvalue weighted by Crippen LogP contribution is 2.22. The predicted molar refractivity (Wildman–Crippen MR) is 119 cm³/mol. The summed E-state index contributed by atoms with van der Waals surface area (Å²) in [5, 5.41) is 19.3. The van der Waals surface area contributed by atoms with Gasteiger partial charge in [-0.15, -0.1) is 0 Å². The molecule has 12 heteroatoms. The van der Waals surface area contributed by atoms with Gasteiger partial charge in [0.05, 0.1) is 25.2 Å². The number of aromatic nitrogens is 4. The fourth-order valence-corrected chi connectivity index (χ4v) is 3.45. The molecule has 3 heterocycles. The first-order valence-electron chi connectivity index (χ1n) is 9.77. The van der Waals surface area contributed by atoms with Crippen LogP contribution in [0.1, 0.15) is 18.1 Å². The second-order valence-corrected chi connectivity index (χ2v) is 9.86. The summed E-state index contributed by atoms with van der Waals surface area (Å²) in [4.78, 5) is 6.65. The number of aryl methyl sites for hydroxylation is 1. The summed E-state index contributed by atoms with van der Waals surface area (Å²) < 4.78 is 29.8. The Morgan fingerprint density at radius 3 is 2.90 bits per heavy atom. The zero-order valence-electron chi connectivity index (χ0n) is 17.4. The van der Waals surface area contributed by atoms with Crippen molar-refractivity contribution in [1.82, 2.24) is 14.6 Å². The standard InChI is InChI=1S/C19H25ClN6O4S/c1-3-16-13-22-26-17(21-12-15-5-4-6-25(27)14-15)11-18(23-19(16)26)24(2)7-8-30-9-10-31(20,28)29/h4-6,11,13-14,21H,3,7-10,12H2,1-2H3. The van der Waals surface area contributed by atoms with Gasteiger partial charge in [0.15, 0.2) is 18.0 Å². The molecule has 31 heavy (non-hydrogen) atoms. The first-order chi connectivity index (χ1) is 14.8. The van der Waals surface area contributed by atoms with Crippen molar-refractivity contribution in [2.24, 2.45) is 0 Å². The summed E-state index contributed by atoms with van der Waals surface area (Å²) >= 11 is 0. The van der Waals surface area contributed by atoms with E-state index in [2.05, 4.69) is 10.4 Å². The summed E-state index contributed by atoms with van der Waals surface area (Å²) in [5.41, 5.74) is 2.59. The molecule has 0 aliphatic heterocycles. The van der Waals surface area contributed by atoms with E-state index < -0.39 is 9.05 Å². The maximum atomic E-state index is 11.5. The molecule has 0 fully saturated rings. The van der Waals surface area contributed by atoms with E-state index in [0.29, 0.717) is 25.5 Å². The Labute approximate surface area is 185 Å². The molecule has 3 aromatic rings. The predicted octanol–water partition coefficient (Wildman–Crippen LogP) is 1.56. The zero-order valence-corrected chi connectivity index (χ0v) is 18.9. The molecule has 3 aromatic heterocycles. The molecule has 0 bridgehead atoms. The summed E-state index contributed by atoms with van der Waals surface area (Å²) in [6.07, 6.45) is 5.53. The molecule has 0 atom stereocenters. The smallest absolute Gasteiger partial charge is 0.234 e. The Morgan fingerprint density at radius 2 is 2.19 bits per heavy atom. The number of hydrogen-bond donors (Lipinski definition) is 1. The van der Waals surface area contributed by atoms with Crippen LogP contribution in [0.3, 0.4) is 0 Å². The van der Waals surface area contributed by atoms with E-state index in [9.17, 15) is 13.6 Å². The quantitative estimate of drug-likeness (QED) is 0.195. The van der Waals surface area contributed by atoms with Crippen LogP contribution in [-0.2, 0) is 26.8 Å². The van der Waals surface area contributed by atoms with E-state index in [1.54, 1.807) is 16.8 Å². The lowest BCUT2D eigenvalue weighted by molar-refractivity contribution is -0.605. The number of rotatable bonds is 11. The highest BCUT2D eigenvalue weighted by atomic mass is 35.7. The number of fused-ring (bicyclic) bond motifs is 1. The van der Waals surface area contributed by atoms with E-state index in [-0.39, 0.29) is 12.4 Å². The lowest BCUT2D eigenvalue weighted by Crippen LogP contribution is -2.26. The van der Waals surface area contributed by atoms with Gasteiger partial charge in [0.2, 0.25) is 9.05 Å². The van der Waals surface area contributed by atoms with Gasteiger partial charge in [0, 0.05) is 54.1 Å². The van der Waals surface area contributed by atoms with Gasteiger partial charge in [-0.05, 0) is 12.5 Å². The van der Waals surface area contributed by atoms with Crippen LogP contribution in [0.5, 0.6) is 0 Å². The van der Waals surface area contributed by atoms with Crippen LogP contribution in [0.2, 0.25) is 0 Å². The Kier molecular flexibility index (Phi) is 7.52. The molecule has 0 amide bonds. The molecular formula is C19H25ClN6O4S. The first-order valence-corrected chi connectivity index (χ1v) is 12.2. The first kappa shape index (κ1) is 23.0. The molecule has 0 saturated carbocycles. The van der Waals surface area contributed by atoms with E-state index >= 15 is 0 Å². The molecule has 0 unspecified atom stereocenters. The third kappa shape index (κ3) is 6.42. The molecule has 0 spiro atoms. The average molecular weight is 469 g/mol. The minimum atomic E-state index is -3.56. The van der Waals surface area contributed by atoms with Gasteiger partial charge < -0.3 is 20.2 Å². The normalized spacial score (nSPS) is 11.7. The number of halogens is 1. The number of nitrogens with zero attached hydrogens (tertiary/aromatic N) is 5. The lowest BCUT2D eigenvalue weighted by atomic mass is 10.2. The highest BCUT2D eigenvalue weighted by molar-refractivity contribution is 8.13. The monoisotopic (exact) mass is 468 g/mol. The molecule has 0 aromatic carbocycles. The third-order valence-electron chi connectivity index (χ3n) is 4.66. The number of ether oxygens (including phenoxy) is 1. The van der Waals surface area contributed by atoms with Gasteiger partial charge in [0.25, 0.3) is 0 Å². The molecular weight excluding hydrogens is 444 g/mol. The summed E-state index contributed by atoms with van der Waals surface area (Å²) in [5.74, 6) is 1.22. The fourth-order valence-electron chi connectivity index (χ4n) is 2.94. The van der Waals surface area contributed by atoms with Crippen LogP contribution in [-0.4, -0.2) is 55.6 Å². The average Bonchev–Trinajstić information content (AvgIpc) is 3.14. The third-order valence-corrected chi connectivity index (χ3v) is 5.77. The molecule has 10 nitrogen and oxygen atoms in total. The summed E-state index contributed by atoms with van der Waals surface area (Å²) in [7, 11) is 3.50. The van der Waals surface area contributed by atoms with Gasteiger partial charge >= 0.3 is 0 Å². The van der Waals surface area contributed by atoms with E-state index in [1.807, 2.05) is 31.0 Å². The van der Waals surface area contributed by atoms with Crippen molar-refractivity contribution in [3.05, 3.63) is 53.1 Å². The van der Waals surface area contributed by atoms with Crippen molar-refractivity contribution < 1.29 is 17.9 Å². The second kappa shape index (κ2) is 10.1. The topological polar surface area (TPSA) is 116 Å². The van der Waals surface area contributed by atoms with Crippen LogP contribution in [0.4, 0.5) is 11.6 Å². The number of anilines is 2. The van der Waals surface area contributed by atoms with Gasteiger partial charge in [-0.1, -0.05) is 6.92 Å². The Bertz CT molecular complexity index is 1140. The summed E-state index contributed by atoms with van der Waals surface area (Å²) in [6, 6.07) is 5.44. The molecule has 0 radical (unpaired) electrons. The number of likely N-dealkylation sites (N-methyl/N-ethyl adjacent to an activating group) is 1. The number of nitrogens with one attached hydrogen (secondary N) is 1. The van der Waals surface area contributed by atoms with Crippen LogP contribution < -0.4 is 14.9 Å². The van der Waals surface area contributed by atoms with Gasteiger partial charge in [-0.2, -0.15) is 14.3 Å². The summed E-state index contributed by atoms with van der Waals surface area (Å²) in [6.45, 7) is 3.36. The molecule has 0 aliphatic carbocycles. The Hall–Kier alpha value is -2.63. The van der Waals surface area contributed by atoms with Crippen molar-refractivity contribution in [2.75, 3.05) is 42.8 Å². The highest BCUT2D eigenvalue weighted by Gasteiger charge is 2.14. The maximum Gasteiger partial charge on any atom is 0.234 e. The Morgan fingerprint density at radius 1 is 1.39 bits per heavy atom. The van der Waals surface area contributed by atoms with Gasteiger partial charge in [-0.25, -0.2) is 13.4 Å². The minimum absolute atomic E-state index is 0.0400. The minimum Gasteiger partial charge on any atom is -0.619 e. The fraction of sp³-hybridized carbons (Fsp3) is 0.421. The Balaban J connectivity index is 1.74. The SMILES string of the molecule is CCc1cnn2c(NCc3ccc[n+]([O-])c3)cc(N(C)CCOCCS(=O)(=O)Cl)nc12. The van der Waals surface area contributed by atoms with E-state index in [4.69, 9.17) is 20.4 Å².